The van der Waals surface area contributed by atoms with E-state index in [1.54, 1.807) is 0 Å². The second-order valence-electron chi connectivity index (χ2n) is 17.5. The lowest BCUT2D eigenvalue weighted by atomic mass is 9.82. The number of hydrogen-bond acceptors (Lipinski definition) is 4. The molecule has 306 valence electrons. The van der Waals surface area contributed by atoms with E-state index in [4.69, 9.17) is 18.8 Å². The zero-order chi connectivity index (χ0) is 42.8. The van der Waals surface area contributed by atoms with Crippen molar-refractivity contribution in [2.24, 2.45) is 15.9 Å². The molecule has 10 aromatic carbocycles. The fourth-order valence-electron chi connectivity index (χ4n) is 10.9. The Morgan fingerprint density at radius 1 is 0.477 bits per heavy atom. The Morgan fingerprint density at radius 2 is 1.12 bits per heavy atom. The summed E-state index contributed by atoms with van der Waals surface area (Å²) >= 11 is 0. The Morgan fingerprint density at radius 3 is 1.92 bits per heavy atom. The lowest BCUT2D eigenvalue weighted by molar-refractivity contribution is 0.533. The van der Waals surface area contributed by atoms with Crippen LogP contribution in [-0.4, -0.2) is 16.1 Å². The molecule has 13 aromatic rings. The molecule has 2 atom stereocenters. The van der Waals surface area contributed by atoms with E-state index in [2.05, 4.69) is 193 Å². The maximum Gasteiger partial charge on any atom is 0.159 e. The van der Waals surface area contributed by atoms with E-state index < -0.39 is 0 Å². The van der Waals surface area contributed by atoms with Gasteiger partial charge in [-0.15, -0.1) is 0 Å². The molecule has 0 spiro atoms. The molecule has 5 heteroatoms. The summed E-state index contributed by atoms with van der Waals surface area (Å²) in [5, 5.41) is 13.9. The molecule has 1 aliphatic heterocycles. The monoisotopic (exact) mass is 833 g/mol. The van der Waals surface area contributed by atoms with Gasteiger partial charge in [0.1, 0.15) is 16.7 Å². The van der Waals surface area contributed by atoms with Crippen molar-refractivity contribution in [3.05, 3.63) is 211 Å². The van der Waals surface area contributed by atoms with Crippen LogP contribution in [0.15, 0.2) is 213 Å². The SMILES string of the molecule is CCC1C(c2ccc3oc4ccccc4c3c2)=NC(c2cccc3ccccc23)=NC1c1cc(-n2c3cc4ccccc4cc3c3c4ccccc4ccc32)c2oc3ccccc3c2c1. The summed E-state index contributed by atoms with van der Waals surface area (Å²) in [7, 11) is 0. The fraction of sp³-hybridized carbons (Fsp3) is 0.0667. The van der Waals surface area contributed by atoms with Crippen LogP contribution in [0, 0.1) is 5.92 Å². The Balaban J connectivity index is 1.07. The zero-order valence-electron chi connectivity index (χ0n) is 35.5. The van der Waals surface area contributed by atoms with Gasteiger partial charge in [0.15, 0.2) is 11.4 Å². The minimum absolute atomic E-state index is 0.0427. The summed E-state index contributed by atoms with van der Waals surface area (Å²) in [6.45, 7) is 2.27. The van der Waals surface area contributed by atoms with Crippen molar-refractivity contribution in [2.75, 3.05) is 0 Å². The van der Waals surface area contributed by atoms with Gasteiger partial charge in [0, 0.05) is 43.8 Å². The highest BCUT2D eigenvalue weighted by molar-refractivity contribution is 6.24. The third-order valence-corrected chi connectivity index (χ3v) is 13.9. The van der Waals surface area contributed by atoms with Crippen LogP contribution >= 0.6 is 0 Å². The normalized spacial score (nSPS) is 15.7. The second-order valence-corrected chi connectivity index (χ2v) is 17.5. The Bertz CT molecular complexity index is 4190. The van der Waals surface area contributed by atoms with Gasteiger partial charge in [-0.3, -0.25) is 4.99 Å². The van der Waals surface area contributed by atoms with Crippen molar-refractivity contribution in [2.45, 2.75) is 19.4 Å². The van der Waals surface area contributed by atoms with E-state index in [1.807, 2.05) is 12.1 Å². The van der Waals surface area contributed by atoms with Crippen molar-refractivity contribution < 1.29 is 8.83 Å². The van der Waals surface area contributed by atoms with Crippen LogP contribution in [-0.2, 0) is 0 Å². The quantitative estimate of drug-likeness (QED) is 0.173. The number of amidine groups is 1. The number of para-hydroxylation sites is 2. The molecule has 1 aliphatic rings. The number of furan rings is 2. The standard InChI is InChI=1S/C60H39N3O2/c1-2-41-57(39-27-29-55-47(31-39)44-21-9-11-24-53(44)64-55)61-60(46-23-13-18-35-14-5-7-19-42(35)46)62-58(41)40-32-48-45-22-10-12-25-54(45)65-59(48)52(34-40)63-50-28-26-36-15-6-8-20-43(36)56(50)49-30-37-16-3-4-17-38(37)33-51(49)63/h3-34,41,58H,2H2,1H3. The Kier molecular flexibility index (Phi) is 7.72. The van der Waals surface area contributed by atoms with E-state index in [-0.39, 0.29) is 12.0 Å². The second kappa shape index (κ2) is 13.9. The molecule has 4 heterocycles. The van der Waals surface area contributed by atoms with Crippen molar-refractivity contribution >= 4 is 110 Å². The van der Waals surface area contributed by atoms with Crippen LogP contribution in [0.1, 0.15) is 36.1 Å². The largest absolute Gasteiger partial charge is 0.456 e. The maximum atomic E-state index is 6.98. The first-order valence-electron chi connectivity index (χ1n) is 22.5. The molecule has 0 radical (unpaired) electrons. The number of benzene rings is 10. The third-order valence-electron chi connectivity index (χ3n) is 13.9. The lowest BCUT2D eigenvalue weighted by Crippen LogP contribution is -2.28. The highest BCUT2D eigenvalue weighted by atomic mass is 16.3. The molecule has 65 heavy (non-hydrogen) atoms. The van der Waals surface area contributed by atoms with E-state index in [9.17, 15) is 0 Å². The van der Waals surface area contributed by atoms with Gasteiger partial charge in [-0.2, -0.15) is 0 Å². The van der Waals surface area contributed by atoms with E-state index in [1.165, 1.54) is 32.3 Å². The predicted molar refractivity (Wildman–Crippen MR) is 270 cm³/mol. The number of aromatic nitrogens is 1. The highest BCUT2D eigenvalue weighted by Crippen LogP contribution is 2.45. The van der Waals surface area contributed by atoms with Gasteiger partial charge in [-0.25, -0.2) is 4.99 Å². The molecule has 0 saturated carbocycles. The third kappa shape index (κ3) is 5.39. The van der Waals surface area contributed by atoms with Gasteiger partial charge >= 0.3 is 0 Å². The Hall–Kier alpha value is -8.28. The summed E-state index contributed by atoms with van der Waals surface area (Å²) < 4.78 is 15.8. The number of aliphatic imine (C=N–C) groups is 2. The molecule has 0 saturated heterocycles. The summed E-state index contributed by atoms with van der Waals surface area (Å²) in [5.41, 5.74) is 10.9. The number of nitrogens with zero attached hydrogens (tertiary/aromatic N) is 3. The minimum Gasteiger partial charge on any atom is -0.456 e. The van der Waals surface area contributed by atoms with Crippen LogP contribution in [0.5, 0.6) is 0 Å². The van der Waals surface area contributed by atoms with Crippen molar-refractivity contribution in [3.63, 3.8) is 0 Å². The summed E-state index contributed by atoms with van der Waals surface area (Å²) in [4.78, 5) is 11.4. The summed E-state index contributed by atoms with van der Waals surface area (Å²) in [6.07, 6.45) is 0.826. The predicted octanol–water partition coefficient (Wildman–Crippen LogP) is 16.1. The molecule has 0 aliphatic carbocycles. The molecule has 0 bridgehead atoms. The van der Waals surface area contributed by atoms with Crippen LogP contribution in [0.3, 0.4) is 0 Å². The van der Waals surface area contributed by atoms with E-state index in [0.29, 0.717) is 0 Å². The topological polar surface area (TPSA) is 55.9 Å². The van der Waals surface area contributed by atoms with Crippen molar-refractivity contribution in [3.8, 4) is 5.69 Å². The maximum absolute atomic E-state index is 6.98. The van der Waals surface area contributed by atoms with Crippen molar-refractivity contribution in [1.82, 2.24) is 4.57 Å². The number of fused-ring (bicyclic) bond motifs is 13. The first-order chi connectivity index (χ1) is 32.2. The lowest BCUT2D eigenvalue weighted by Gasteiger charge is -2.30. The smallest absolute Gasteiger partial charge is 0.159 e. The fourth-order valence-corrected chi connectivity index (χ4v) is 10.9. The van der Waals surface area contributed by atoms with Gasteiger partial charge in [0.05, 0.1) is 28.5 Å². The average Bonchev–Trinajstić information content (AvgIpc) is 4.04. The van der Waals surface area contributed by atoms with Crippen LogP contribution in [0.4, 0.5) is 0 Å². The highest BCUT2D eigenvalue weighted by Gasteiger charge is 2.34. The van der Waals surface area contributed by atoms with E-state index in [0.717, 1.165) is 106 Å². The zero-order valence-corrected chi connectivity index (χ0v) is 35.5. The first kappa shape index (κ1) is 36.2. The molecule has 0 fully saturated rings. The van der Waals surface area contributed by atoms with Crippen LogP contribution in [0.2, 0.25) is 0 Å². The molecule has 5 nitrogen and oxygen atoms in total. The van der Waals surface area contributed by atoms with Crippen LogP contribution < -0.4 is 0 Å². The van der Waals surface area contributed by atoms with Gasteiger partial charge in [0.25, 0.3) is 0 Å². The van der Waals surface area contributed by atoms with Gasteiger partial charge in [-0.05, 0) is 111 Å². The minimum atomic E-state index is -0.273. The molecule has 14 rings (SSSR count). The van der Waals surface area contributed by atoms with Crippen molar-refractivity contribution in [1.29, 1.82) is 0 Å². The molecular weight excluding hydrogens is 795 g/mol. The van der Waals surface area contributed by atoms with Gasteiger partial charge < -0.3 is 13.4 Å². The summed E-state index contributed by atoms with van der Waals surface area (Å²) in [5.74, 6) is 0.691. The molecular formula is C60H39N3O2. The Labute approximate surface area is 373 Å². The number of hydrogen-bond donors (Lipinski definition) is 0. The van der Waals surface area contributed by atoms with Gasteiger partial charge in [-0.1, -0.05) is 140 Å². The van der Waals surface area contributed by atoms with Gasteiger partial charge in [0.2, 0.25) is 0 Å². The molecule has 2 unspecified atom stereocenters. The molecule has 0 N–H and O–H groups in total. The molecule has 0 amide bonds. The summed E-state index contributed by atoms with van der Waals surface area (Å²) in [6, 6.07) is 69.4. The van der Waals surface area contributed by atoms with E-state index >= 15 is 0 Å². The molecule has 3 aromatic heterocycles. The first-order valence-corrected chi connectivity index (χ1v) is 22.5. The number of rotatable bonds is 5. The average molecular weight is 834 g/mol. The van der Waals surface area contributed by atoms with Crippen LogP contribution in [0.25, 0.3) is 104 Å².